The average Bonchev–Trinajstić information content (AvgIpc) is 3.33. The van der Waals surface area contributed by atoms with Crippen molar-refractivity contribution < 1.29 is 23.7 Å². The van der Waals surface area contributed by atoms with Gasteiger partial charge in [0.25, 0.3) is 11.5 Å². The fourth-order valence-electron chi connectivity index (χ4n) is 5.59. The molecule has 43 heavy (non-hydrogen) atoms. The summed E-state index contributed by atoms with van der Waals surface area (Å²) in [4.78, 5) is 35.6. The third kappa shape index (κ3) is 5.16. The summed E-state index contributed by atoms with van der Waals surface area (Å²) in [5, 5.41) is 1.86. The molecule has 3 aromatic carbocycles. The van der Waals surface area contributed by atoms with Crippen molar-refractivity contribution in [1.82, 2.24) is 9.47 Å². The van der Waals surface area contributed by atoms with Crippen molar-refractivity contribution in [3.05, 3.63) is 90.6 Å². The Labute approximate surface area is 253 Å². The quantitative estimate of drug-likeness (QED) is 0.284. The lowest BCUT2D eigenvalue weighted by Gasteiger charge is -2.30. The summed E-state index contributed by atoms with van der Waals surface area (Å²) in [7, 11) is 6.26. The van der Waals surface area contributed by atoms with Gasteiger partial charge in [0.15, 0.2) is 4.80 Å². The van der Waals surface area contributed by atoms with Crippen LogP contribution in [0.3, 0.4) is 0 Å². The van der Waals surface area contributed by atoms with Crippen LogP contribution in [0.1, 0.15) is 37.9 Å². The number of likely N-dealkylation sites (N-methyl/N-ethyl adjacent to an activating group) is 1. The Morgan fingerprint density at radius 1 is 0.953 bits per heavy atom. The molecule has 9 nitrogen and oxygen atoms in total. The number of fused-ring (bicyclic) bond motifs is 2. The summed E-state index contributed by atoms with van der Waals surface area (Å²) >= 11 is 1.25. The molecule has 1 aliphatic rings. The van der Waals surface area contributed by atoms with Crippen LogP contribution in [0, 0.1) is 0 Å². The molecule has 224 valence electrons. The molecule has 10 heteroatoms. The second kappa shape index (κ2) is 12.3. The maximum Gasteiger partial charge on any atom is 0.271 e. The lowest BCUT2D eigenvalue weighted by Crippen LogP contribution is -2.43. The summed E-state index contributed by atoms with van der Waals surface area (Å²) in [6, 6.07) is 14.5. The summed E-state index contributed by atoms with van der Waals surface area (Å²) in [5.74, 6) is 1.95. The van der Waals surface area contributed by atoms with Gasteiger partial charge in [-0.05, 0) is 43.7 Å². The lowest BCUT2D eigenvalue weighted by atomic mass is 9.90. The van der Waals surface area contributed by atoms with Gasteiger partial charge in [0.05, 0.1) is 49.8 Å². The van der Waals surface area contributed by atoms with Gasteiger partial charge in [0.2, 0.25) is 0 Å². The number of carbonyl (C=O) groups is 1. The maximum atomic E-state index is 14.4. The standard InChI is InChI=1S/C33H35N3O6S/c1-8-35(9-2)32(38)28-19(3)34-33-36(30(28)29-22-13-11-10-12-20(22)14-15-24(29)40-5)31(37)27(43-33)18-23-25(41-6)16-21(39-4)17-26(23)42-7/h10-18,30H,8-9H2,1-7H3/b27-18+/t30-/m0/s1. The van der Waals surface area contributed by atoms with Gasteiger partial charge in [0.1, 0.15) is 29.0 Å². The first-order valence-electron chi connectivity index (χ1n) is 14.0. The monoisotopic (exact) mass is 601 g/mol. The highest BCUT2D eigenvalue weighted by Crippen LogP contribution is 2.41. The number of nitrogens with zero attached hydrogens (tertiary/aromatic N) is 3. The number of allylic oxidation sites excluding steroid dienone is 1. The van der Waals surface area contributed by atoms with Gasteiger partial charge < -0.3 is 23.8 Å². The third-order valence-electron chi connectivity index (χ3n) is 7.76. The Morgan fingerprint density at radius 2 is 1.60 bits per heavy atom. The van der Waals surface area contributed by atoms with E-state index in [9.17, 15) is 9.59 Å². The fourth-order valence-corrected chi connectivity index (χ4v) is 6.62. The first-order valence-corrected chi connectivity index (χ1v) is 14.8. The number of aromatic nitrogens is 1. The second-order valence-corrected chi connectivity index (χ2v) is 10.9. The molecule has 2 heterocycles. The Hall–Kier alpha value is -4.57. The van der Waals surface area contributed by atoms with E-state index in [0.29, 0.717) is 62.3 Å². The number of benzene rings is 3. The summed E-state index contributed by atoms with van der Waals surface area (Å²) in [5.41, 5.74) is 2.03. The van der Waals surface area contributed by atoms with Gasteiger partial charge in [-0.1, -0.05) is 41.7 Å². The number of hydrogen-bond acceptors (Lipinski definition) is 8. The van der Waals surface area contributed by atoms with Crippen LogP contribution >= 0.6 is 11.3 Å². The Balaban J connectivity index is 1.86. The zero-order valence-electron chi connectivity index (χ0n) is 25.4. The van der Waals surface area contributed by atoms with Crippen LogP contribution in [0.15, 0.2) is 69.6 Å². The van der Waals surface area contributed by atoms with Gasteiger partial charge in [0, 0.05) is 30.8 Å². The zero-order valence-corrected chi connectivity index (χ0v) is 26.2. The molecule has 0 saturated heterocycles. The molecular weight excluding hydrogens is 566 g/mol. The molecule has 0 bridgehead atoms. The first kappa shape index (κ1) is 29.9. The molecule has 0 radical (unpaired) electrons. The van der Waals surface area contributed by atoms with Crippen molar-refractivity contribution in [3.63, 3.8) is 0 Å². The number of thiazole rings is 1. The van der Waals surface area contributed by atoms with E-state index in [0.717, 1.165) is 16.3 Å². The topological polar surface area (TPSA) is 91.6 Å². The molecule has 0 aliphatic carbocycles. The van der Waals surface area contributed by atoms with Crippen LogP contribution < -0.4 is 33.8 Å². The predicted octanol–water partition coefficient (Wildman–Crippen LogP) is 4.29. The highest BCUT2D eigenvalue weighted by molar-refractivity contribution is 7.07. The second-order valence-electron chi connectivity index (χ2n) is 9.91. The Morgan fingerprint density at radius 3 is 2.21 bits per heavy atom. The van der Waals surface area contributed by atoms with E-state index in [1.807, 2.05) is 57.2 Å². The molecule has 0 saturated carbocycles. The molecule has 1 aromatic heterocycles. The Kier molecular flexibility index (Phi) is 8.59. The minimum absolute atomic E-state index is 0.168. The average molecular weight is 602 g/mol. The SMILES string of the molecule is CCN(CC)C(=O)C1=C(C)N=c2s/c(=C/c3c(OC)cc(OC)cc3OC)c(=O)n2[C@@H]1c1c(OC)ccc2ccccc12. The largest absolute Gasteiger partial charge is 0.496 e. The zero-order chi connectivity index (χ0) is 30.8. The molecular formula is C33H35N3O6S. The van der Waals surface area contributed by atoms with E-state index in [1.54, 1.807) is 56.1 Å². The van der Waals surface area contributed by atoms with Crippen molar-refractivity contribution >= 4 is 34.1 Å². The van der Waals surface area contributed by atoms with E-state index >= 15 is 0 Å². The molecule has 1 atom stereocenters. The summed E-state index contributed by atoms with van der Waals surface area (Å²) in [6.45, 7) is 6.75. The molecule has 0 unspecified atom stereocenters. The van der Waals surface area contributed by atoms with Gasteiger partial charge in [-0.25, -0.2) is 4.99 Å². The fraction of sp³-hybridized carbons (Fsp3) is 0.303. The van der Waals surface area contributed by atoms with Crippen LogP contribution in [-0.4, -0.2) is 56.9 Å². The van der Waals surface area contributed by atoms with Gasteiger partial charge in [-0.3, -0.25) is 14.2 Å². The predicted molar refractivity (Wildman–Crippen MR) is 168 cm³/mol. The minimum atomic E-state index is -0.771. The number of ether oxygens (including phenoxy) is 4. The van der Waals surface area contributed by atoms with Gasteiger partial charge in [-0.2, -0.15) is 0 Å². The van der Waals surface area contributed by atoms with E-state index in [1.165, 1.54) is 11.3 Å². The van der Waals surface area contributed by atoms with Crippen molar-refractivity contribution in [1.29, 1.82) is 0 Å². The van der Waals surface area contributed by atoms with Crippen molar-refractivity contribution in [2.45, 2.75) is 26.8 Å². The van der Waals surface area contributed by atoms with Crippen LogP contribution in [-0.2, 0) is 4.79 Å². The number of hydrogen-bond donors (Lipinski definition) is 0. The molecule has 0 fully saturated rings. The number of carbonyl (C=O) groups excluding carboxylic acids is 1. The molecule has 5 rings (SSSR count). The van der Waals surface area contributed by atoms with E-state index in [4.69, 9.17) is 23.9 Å². The third-order valence-corrected chi connectivity index (χ3v) is 8.74. The van der Waals surface area contributed by atoms with Gasteiger partial charge >= 0.3 is 0 Å². The van der Waals surface area contributed by atoms with Crippen molar-refractivity contribution in [2.24, 2.45) is 4.99 Å². The van der Waals surface area contributed by atoms with Crippen LogP contribution in [0.2, 0.25) is 0 Å². The smallest absolute Gasteiger partial charge is 0.271 e. The van der Waals surface area contributed by atoms with E-state index in [-0.39, 0.29) is 11.5 Å². The number of amides is 1. The maximum absolute atomic E-state index is 14.4. The van der Waals surface area contributed by atoms with Gasteiger partial charge in [-0.15, -0.1) is 0 Å². The van der Waals surface area contributed by atoms with Crippen molar-refractivity contribution in [3.8, 4) is 23.0 Å². The van der Waals surface area contributed by atoms with E-state index in [2.05, 4.69) is 0 Å². The van der Waals surface area contributed by atoms with E-state index < -0.39 is 6.04 Å². The Bertz CT molecular complexity index is 1890. The molecule has 4 aromatic rings. The molecule has 1 aliphatic heterocycles. The normalized spacial score (nSPS) is 14.8. The summed E-state index contributed by atoms with van der Waals surface area (Å²) in [6.07, 6.45) is 1.74. The number of rotatable bonds is 9. The minimum Gasteiger partial charge on any atom is -0.496 e. The highest BCUT2D eigenvalue weighted by Gasteiger charge is 2.36. The van der Waals surface area contributed by atoms with Crippen LogP contribution in [0.25, 0.3) is 16.8 Å². The molecule has 0 spiro atoms. The van der Waals surface area contributed by atoms with Crippen LogP contribution in [0.4, 0.5) is 0 Å². The molecule has 1 amide bonds. The highest BCUT2D eigenvalue weighted by atomic mass is 32.1. The van der Waals surface area contributed by atoms with Crippen molar-refractivity contribution in [2.75, 3.05) is 41.5 Å². The van der Waals surface area contributed by atoms with Crippen LogP contribution in [0.5, 0.6) is 23.0 Å². The first-order chi connectivity index (χ1) is 20.8. The lowest BCUT2D eigenvalue weighted by molar-refractivity contribution is -0.127. The molecule has 0 N–H and O–H groups in total. The summed E-state index contributed by atoms with van der Waals surface area (Å²) < 4.78 is 24.6. The number of methoxy groups -OCH3 is 4.